The van der Waals surface area contributed by atoms with E-state index in [4.69, 9.17) is 18.9 Å². The van der Waals surface area contributed by atoms with Gasteiger partial charge < -0.3 is 18.9 Å². The van der Waals surface area contributed by atoms with E-state index in [1.807, 2.05) is 6.92 Å². The molecule has 0 spiro atoms. The van der Waals surface area contributed by atoms with Gasteiger partial charge in [0.25, 0.3) is 0 Å². The van der Waals surface area contributed by atoms with E-state index in [0.717, 1.165) is 44.3 Å². The molecule has 26 heavy (non-hydrogen) atoms. The van der Waals surface area contributed by atoms with Crippen LogP contribution in [0.25, 0.3) is 0 Å². The van der Waals surface area contributed by atoms with Gasteiger partial charge in [0, 0.05) is 12.3 Å². The average molecular weight is 364 g/mol. The number of rotatable bonds is 7. The Morgan fingerprint density at radius 3 is 2.31 bits per heavy atom. The first-order valence-corrected chi connectivity index (χ1v) is 10.2. The number of hydrogen-bond donors (Lipinski definition) is 0. The number of hydrogen-bond acceptors (Lipinski definition) is 5. The van der Waals surface area contributed by atoms with E-state index in [1.165, 1.54) is 0 Å². The van der Waals surface area contributed by atoms with E-state index in [2.05, 4.69) is 20.4 Å². The van der Waals surface area contributed by atoms with E-state index in [-0.39, 0.29) is 35.3 Å². The minimum Gasteiger partial charge on any atom is -0.495 e. The largest absolute Gasteiger partial charge is 0.495 e. The van der Waals surface area contributed by atoms with Crippen LogP contribution < -0.4 is 0 Å². The van der Waals surface area contributed by atoms with E-state index in [9.17, 15) is 4.79 Å². The molecule has 4 aliphatic rings. The molecule has 2 aliphatic carbocycles. The molecule has 0 amide bonds. The van der Waals surface area contributed by atoms with Crippen molar-refractivity contribution >= 4 is 5.97 Å². The summed E-state index contributed by atoms with van der Waals surface area (Å²) in [6.07, 6.45) is 7.16. The van der Waals surface area contributed by atoms with E-state index < -0.39 is 0 Å². The standard InChI is InChI=1S/C21H32O5/c1-13(24-14(2)15-5-8-20(3)17(11-15)25-20)7-10-23-19(22)16-6-9-21(4)18(12-16)26-21/h13,15-18H,2,5-12H2,1,3-4H3. The van der Waals surface area contributed by atoms with Gasteiger partial charge in [-0.25, -0.2) is 0 Å². The lowest BCUT2D eigenvalue weighted by Gasteiger charge is -2.27. The van der Waals surface area contributed by atoms with Crippen molar-refractivity contribution in [3.8, 4) is 0 Å². The van der Waals surface area contributed by atoms with Crippen LogP contribution in [-0.2, 0) is 23.7 Å². The Labute approximate surface area is 156 Å². The molecule has 2 saturated heterocycles. The van der Waals surface area contributed by atoms with Gasteiger partial charge in [0.15, 0.2) is 0 Å². The highest BCUT2D eigenvalue weighted by Gasteiger charge is 2.57. The number of carbonyl (C=O) groups is 1. The van der Waals surface area contributed by atoms with Crippen LogP contribution in [0, 0.1) is 11.8 Å². The van der Waals surface area contributed by atoms with Crippen molar-refractivity contribution in [1.29, 1.82) is 0 Å². The van der Waals surface area contributed by atoms with Gasteiger partial charge in [-0.05, 0) is 59.3 Å². The Morgan fingerprint density at radius 1 is 1.12 bits per heavy atom. The highest BCUT2D eigenvalue weighted by atomic mass is 16.6. The molecule has 0 radical (unpaired) electrons. The zero-order valence-electron chi connectivity index (χ0n) is 16.3. The maximum atomic E-state index is 12.2. The molecule has 5 nitrogen and oxygen atoms in total. The molecule has 0 bridgehead atoms. The molecule has 0 aromatic heterocycles. The van der Waals surface area contributed by atoms with Gasteiger partial charge in [-0.15, -0.1) is 0 Å². The Balaban J connectivity index is 1.12. The second kappa shape index (κ2) is 6.52. The molecular formula is C21H32O5. The van der Waals surface area contributed by atoms with Crippen LogP contribution in [0.2, 0.25) is 0 Å². The minimum absolute atomic E-state index is 0.00291. The van der Waals surface area contributed by atoms with Crippen LogP contribution in [0.1, 0.15) is 65.7 Å². The second-order valence-electron chi connectivity index (χ2n) is 9.13. The van der Waals surface area contributed by atoms with Crippen LogP contribution in [0.4, 0.5) is 0 Å². The normalized spacial score (nSPS) is 44.3. The van der Waals surface area contributed by atoms with Crippen molar-refractivity contribution < 1.29 is 23.7 Å². The predicted molar refractivity (Wildman–Crippen MR) is 96.5 cm³/mol. The predicted octanol–water partition coefficient (Wildman–Crippen LogP) is 3.75. The summed E-state index contributed by atoms with van der Waals surface area (Å²) in [5.74, 6) is 1.16. The monoisotopic (exact) mass is 364 g/mol. The Morgan fingerprint density at radius 2 is 1.69 bits per heavy atom. The van der Waals surface area contributed by atoms with E-state index in [1.54, 1.807) is 0 Å². The number of epoxide rings is 2. The summed E-state index contributed by atoms with van der Waals surface area (Å²) >= 11 is 0. The first-order valence-electron chi connectivity index (χ1n) is 10.2. The number of carbonyl (C=O) groups excluding carboxylic acids is 1. The van der Waals surface area contributed by atoms with Crippen LogP contribution in [0.15, 0.2) is 12.3 Å². The minimum atomic E-state index is -0.0778. The van der Waals surface area contributed by atoms with Gasteiger partial charge in [0.2, 0.25) is 0 Å². The first kappa shape index (κ1) is 18.3. The number of fused-ring (bicyclic) bond motifs is 2. The SMILES string of the molecule is C=C(OC(C)CCOC(=O)C1CCC2(C)OC2C1)C1CCC2(C)OC2C1. The molecule has 146 valence electrons. The number of esters is 1. The van der Waals surface area contributed by atoms with E-state index >= 15 is 0 Å². The zero-order chi connectivity index (χ0) is 18.5. The van der Waals surface area contributed by atoms with Crippen molar-refractivity contribution in [2.45, 2.75) is 95.2 Å². The summed E-state index contributed by atoms with van der Waals surface area (Å²) in [7, 11) is 0. The van der Waals surface area contributed by atoms with E-state index in [0.29, 0.717) is 25.0 Å². The van der Waals surface area contributed by atoms with Crippen molar-refractivity contribution in [2.24, 2.45) is 11.8 Å². The molecule has 0 N–H and O–H groups in total. The fourth-order valence-corrected chi connectivity index (χ4v) is 4.65. The molecule has 5 heteroatoms. The van der Waals surface area contributed by atoms with Crippen LogP contribution in [-0.4, -0.2) is 42.1 Å². The molecular weight excluding hydrogens is 332 g/mol. The first-order chi connectivity index (χ1) is 12.3. The maximum absolute atomic E-state index is 12.2. The molecule has 7 unspecified atom stereocenters. The Kier molecular flexibility index (Phi) is 4.59. The quantitative estimate of drug-likeness (QED) is 0.391. The number of allylic oxidation sites excluding steroid dienone is 1. The van der Waals surface area contributed by atoms with Gasteiger partial charge in [-0.2, -0.15) is 0 Å². The molecule has 0 aromatic rings. The smallest absolute Gasteiger partial charge is 0.309 e. The maximum Gasteiger partial charge on any atom is 0.309 e. The van der Waals surface area contributed by atoms with Crippen molar-refractivity contribution in [2.75, 3.05) is 6.61 Å². The van der Waals surface area contributed by atoms with Gasteiger partial charge >= 0.3 is 5.97 Å². The summed E-state index contributed by atoms with van der Waals surface area (Å²) in [5, 5.41) is 0. The molecule has 2 heterocycles. The van der Waals surface area contributed by atoms with Crippen molar-refractivity contribution in [1.82, 2.24) is 0 Å². The third-order valence-electron chi connectivity index (χ3n) is 6.96. The van der Waals surface area contributed by atoms with Crippen molar-refractivity contribution in [3.05, 3.63) is 12.3 Å². The summed E-state index contributed by atoms with van der Waals surface area (Å²) < 4.78 is 22.9. The highest BCUT2D eigenvalue weighted by molar-refractivity contribution is 5.72. The molecule has 7 atom stereocenters. The van der Waals surface area contributed by atoms with Gasteiger partial charge in [0.05, 0.1) is 47.8 Å². The van der Waals surface area contributed by atoms with Crippen molar-refractivity contribution in [3.63, 3.8) is 0 Å². The Bertz CT molecular complexity index is 589. The van der Waals surface area contributed by atoms with Gasteiger partial charge in [-0.1, -0.05) is 6.58 Å². The number of ether oxygens (including phenoxy) is 4. The lowest BCUT2D eigenvalue weighted by atomic mass is 9.82. The molecule has 0 aromatic carbocycles. The van der Waals surface area contributed by atoms with Gasteiger partial charge in [-0.3, -0.25) is 4.79 Å². The summed E-state index contributed by atoms with van der Waals surface area (Å²) in [5.41, 5.74) is 0.167. The summed E-state index contributed by atoms with van der Waals surface area (Å²) in [4.78, 5) is 12.2. The molecule has 4 rings (SSSR count). The Hall–Kier alpha value is -1.07. The topological polar surface area (TPSA) is 60.6 Å². The third-order valence-corrected chi connectivity index (χ3v) is 6.96. The average Bonchev–Trinajstić information content (AvgIpc) is 3.45. The molecule has 2 aliphatic heterocycles. The summed E-state index contributed by atoms with van der Waals surface area (Å²) in [6.45, 7) is 10.9. The van der Waals surface area contributed by atoms with Crippen LogP contribution >= 0.6 is 0 Å². The summed E-state index contributed by atoms with van der Waals surface area (Å²) in [6, 6.07) is 0. The fraction of sp³-hybridized carbons (Fsp3) is 0.857. The molecule has 2 saturated carbocycles. The van der Waals surface area contributed by atoms with Crippen LogP contribution in [0.3, 0.4) is 0 Å². The zero-order valence-corrected chi connectivity index (χ0v) is 16.3. The van der Waals surface area contributed by atoms with Crippen LogP contribution in [0.5, 0.6) is 0 Å². The molecule has 4 fully saturated rings. The fourth-order valence-electron chi connectivity index (χ4n) is 4.65. The van der Waals surface area contributed by atoms with Gasteiger partial charge in [0.1, 0.15) is 0 Å². The highest BCUT2D eigenvalue weighted by Crippen LogP contribution is 2.51. The lowest BCUT2D eigenvalue weighted by Crippen LogP contribution is -2.28. The third kappa shape index (κ3) is 3.65. The second-order valence-corrected chi connectivity index (χ2v) is 9.13. The lowest BCUT2D eigenvalue weighted by molar-refractivity contribution is -0.150.